The first-order chi connectivity index (χ1) is 9.21. The van der Waals surface area contributed by atoms with Gasteiger partial charge in [0.1, 0.15) is 0 Å². The lowest BCUT2D eigenvalue weighted by molar-refractivity contribution is 0.112. The lowest BCUT2D eigenvalue weighted by Crippen LogP contribution is -2.07. The fourth-order valence-corrected chi connectivity index (χ4v) is 2.42. The van der Waals surface area contributed by atoms with Gasteiger partial charge in [0, 0.05) is 5.69 Å². The second kappa shape index (κ2) is 5.83. The Bertz CT molecular complexity index is 584. The molecule has 0 unspecified atom stereocenters. The lowest BCUT2D eigenvalue weighted by atomic mass is 10.1. The van der Waals surface area contributed by atoms with Crippen LogP contribution in [0.15, 0.2) is 24.3 Å². The van der Waals surface area contributed by atoms with Crippen molar-refractivity contribution >= 4 is 6.29 Å². The van der Waals surface area contributed by atoms with Gasteiger partial charge in [0.2, 0.25) is 0 Å². The predicted molar refractivity (Wildman–Crippen MR) is 76.7 cm³/mol. The Labute approximate surface area is 114 Å². The van der Waals surface area contributed by atoms with Gasteiger partial charge in [-0.2, -0.15) is 5.10 Å². The van der Waals surface area contributed by atoms with Crippen LogP contribution in [0.4, 0.5) is 0 Å². The highest BCUT2D eigenvalue weighted by Crippen LogP contribution is 2.17. The van der Waals surface area contributed by atoms with Gasteiger partial charge in [-0.15, -0.1) is 0 Å². The summed E-state index contributed by atoms with van der Waals surface area (Å²) in [5.74, 6) is 0. The SMILES string of the molecule is CCc1nn(Cc2ccccc2C)c(CC)c1C=O. The number of rotatable bonds is 5. The average Bonchev–Trinajstić information content (AvgIpc) is 2.78. The third kappa shape index (κ3) is 2.60. The Morgan fingerprint density at radius 3 is 2.53 bits per heavy atom. The molecule has 1 aromatic heterocycles. The molecule has 0 radical (unpaired) electrons. The van der Waals surface area contributed by atoms with Crippen LogP contribution in [0.5, 0.6) is 0 Å². The topological polar surface area (TPSA) is 34.9 Å². The van der Waals surface area contributed by atoms with Crippen molar-refractivity contribution < 1.29 is 4.79 Å². The maximum atomic E-state index is 11.2. The number of nitrogens with zero attached hydrogens (tertiary/aromatic N) is 2. The summed E-state index contributed by atoms with van der Waals surface area (Å²) < 4.78 is 1.98. The molecule has 100 valence electrons. The molecule has 0 aliphatic carbocycles. The molecule has 1 aromatic carbocycles. The summed E-state index contributed by atoms with van der Waals surface area (Å²) >= 11 is 0. The maximum absolute atomic E-state index is 11.2. The molecule has 19 heavy (non-hydrogen) atoms. The normalized spacial score (nSPS) is 10.7. The van der Waals surface area contributed by atoms with Crippen molar-refractivity contribution in [1.29, 1.82) is 0 Å². The van der Waals surface area contributed by atoms with Crippen molar-refractivity contribution in [3.05, 3.63) is 52.3 Å². The van der Waals surface area contributed by atoms with E-state index in [4.69, 9.17) is 0 Å². The van der Waals surface area contributed by atoms with E-state index in [-0.39, 0.29) is 0 Å². The number of aryl methyl sites for hydroxylation is 2. The molecular weight excluding hydrogens is 236 g/mol. The van der Waals surface area contributed by atoms with Gasteiger partial charge in [-0.3, -0.25) is 9.48 Å². The van der Waals surface area contributed by atoms with Crippen molar-refractivity contribution in [3.8, 4) is 0 Å². The van der Waals surface area contributed by atoms with Crippen LogP contribution in [-0.4, -0.2) is 16.1 Å². The van der Waals surface area contributed by atoms with Gasteiger partial charge in [-0.25, -0.2) is 0 Å². The average molecular weight is 256 g/mol. The largest absolute Gasteiger partial charge is 0.298 e. The molecule has 0 aliphatic heterocycles. The van der Waals surface area contributed by atoms with Crippen LogP contribution in [0.1, 0.15) is 46.7 Å². The monoisotopic (exact) mass is 256 g/mol. The lowest BCUT2D eigenvalue weighted by Gasteiger charge is -2.09. The molecule has 0 fully saturated rings. The zero-order valence-electron chi connectivity index (χ0n) is 11.8. The first-order valence-electron chi connectivity index (χ1n) is 6.79. The molecule has 0 saturated heterocycles. The Morgan fingerprint density at radius 1 is 1.21 bits per heavy atom. The van der Waals surface area contributed by atoms with Gasteiger partial charge in [0.25, 0.3) is 0 Å². The third-order valence-electron chi connectivity index (χ3n) is 3.54. The Hall–Kier alpha value is -1.90. The zero-order valence-corrected chi connectivity index (χ0v) is 11.8. The Balaban J connectivity index is 2.43. The molecule has 2 rings (SSSR count). The molecule has 0 spiro atoms. The van der Waals surface area contributed by atoms with E-state index < -0.39 is 0 Å². The summed E-state index contributed by atoms with van der Waals surface area (Å²) in [6, 6.07) is 8.30. The van der Waals surface area contributed by atoms with Crippen molar-refractivity contribution in [2.75, 3.05) is 0 Å². The van der Waals surface area contributed by atoms with E-state index >= 15 is 0 Å². The van der Waals surface area contributed by atoms with E-state index in [0.29, 0.717) is 0 Å². The van der Waals surface area contributed by atoms with E-state index in [0.717, 1.165) is 42.6 Å². The van der Waals surface area contributed by atoms with E-state index in [9.17, 15) is 4.79 Å². The quantitative estimate of drug-likeness (QED) is 0.770. The predicted octanol–water partition coefficient (Wildman–Crippen LogP) is 3.18. The summed E-state index contributed by atoms with van der Waals surface area (Å²) in [5.41, 5.74) is 5.22. The van der Waals surface area contributed by atoms with Crippen LogP contribution in [0, 0.1) is 6.92 Å². The number of aromatic nitrogens is 2. The van der Waals surface area contributed by atoms with Gasteiger partial charge in [-0.1, -0.05) is 38.1 Å². The van der Waals surface area contributed by atoms with Crippen molar-refractivity contribution in [2.45, 2.75) is 40.2 Å². The van der Waals surface area contributed by atoms with Crippen molar-refractivity contribution in [1.82, 2.24) is 9.78 Å². The number of aldehydes is 1. The molecule has 2 aromatic rings. The van der Waals surface area contributed by atoms with E-state index in [1.807, 2.05) is 23.7 Å². The van der Waals surface area contributed by atoms with E-state index in [2.05, 4.69) is 31.1 Å². The molecule has 0 bridgehead atoms. The molecule has 0 N–H and O–H groups in total. The summed E-state index contributed by atoms with van der Waals surface area (Å²) in [7, 11) is 0. The van der Waals surface area contributed by atoms with Gasteiger partial charge >= 0.3 is 0 Å². The van der Waals surface area contributed by atoms with E-state index in [1.165, 1.54) is 11.1 Å². The summed E-state index contributed by atoms with van der Waals surface area (Å²) in [6.45, 7) is 6.94. The molecule has 0 aliphatic rings. The van der Waals surface area contributed by atoms with Crippen LogP contribution in [0.2, 0.25) is 0 Å². The number of hydrogen-bond acceptors (Lipinski definition) is 2. The summed E-state index contributed by atoms with van der Waals surface area (Å²) in [6.07, 6.45) is 2.56. The highest BCUT2D eigenvalue weighted by atomic mass is 16.1. The van der Waals surface area contributed by atoms with Gasteiger partial charge in [-0.05, 0) is 30.9 Å². The molecule has 0 amide bonds. The van der Waals surface area contributed by atoms with Gasteiger partial charge < -0.3 is 0 Å². The molecule has 3 heteroatoms. The van der Waals surface area contributed by atoms with Crippen LogP contribution in [0.3, 0.4) is 0 Å². The zero-order chi connectivity index (χ0) is 13.8. The van der Waals surface area contributed by atoms with E-state index in [1.54, 1.807) is 0 Å². The Kier molecular flexibility index (Phi) is 4.15. The van der Waals surface area contributed by atoms with Crippen LogP contribution >= 0.6 is 0 Å². The smallest absolute Gasteiger partial charge is 0.153 e. The summed E-state index contributed by atoms with van der Waals surface area (Å²) in [5, 5.41) is 4.59. The van der Waals surface area contributed by atoms with Crippen molar-refractivity contribution in [3.63, 3.8) is 0 Å². The number of carbonyl (C=O) groups is 1. The van der Waals surface area contributed by atoms with Crippen LogP contribution < -0.4 is 0 Å². The Morgan fingerprint density at radius 2 is 1.95 bits per heavy atom. The second-order valence-electron chi connectivity index (χ2n) is 4.72. The third-order valence-corrected chi connectivity index (χ3v) is 3.54. The van der Waals surface area contributed by atoms with Crippen molar-refractivity contribution in [2.24, 2.45) is 0 Å². The molecular formula is C16H20N2O. The summed E-state index contributed by atoms with van der Waals surface area (Å²) in [4.78, 5) is 11.2. The first-order valence-corrected chi connectivity index (χ1v) is 6.79. The number of hydrogen-bond donors (Lipinski definition) is 0. The molecule has 0 atom stereocenters. The maximum Gasteiger partial charge on any atom is 0.153 e. The minimum atomic E-state index is 0.733. The number of benzene rings is 1. The fraction of sp³-hybridized carbons (Fsp3) is 0.375. The van der Waals surface area contributed by atoms with Gasteiger partial charge in [0.15, 0.2) is 6.29 Å². The fourth-order valence-electron chi connectivity index (χ4n) is 2.42. The van der Waals surface area contributed by atoms with Crippen LogP contribution in [0.25, 0.3) is 0 Å². The number of carbonyl (C=O) groups excluding carboxylic acids is 1. The van der Waals surface area contributed by atoms with Gasteiger partial charge in [0.05, 0.1) is 17.8 Å². The van der Waals surface area contributed by atoms with Crippen LogP contribution in [-0.2, 0) is 19.4 Å². The first kappa shape index (κ1) is 13.5. The highest BCUT2D eigenvalue weighted by Gasteiger charge is 2.15. The molecule has 1 heterocycles. The second-order valence-corrected chi connectivity index (χ2v) is 4.72. The standard InChI is InChI=1S/C16H20N2O/c1-4-15-14(11-19)16(5-2)18(17-15)10-13-9-7-6-8-12(13)3/h6-9,11H,4-5,10H2,1-3H3. The molecule has 3 nitrogen and oxygen atoms in total. The minimum absolute atomic E-state index is 0.733. The highest BCUT2D eigenvalue weighted by molar-refractivity contribution is 5.78. The minimum Gasteiger partial charge on any atom is -0.298 e. The molecule has 0 saturated carbocycles.